The molecule has 0 fully saturated rings. The number of carbonyl (C=O) groups is 3. The van der Waals surface area contributed by atoms with E-state index in [1.54, 1.807) is 0 Å². The number of rotatable bonds is 4. The molecule has 0 radical (unpaired) electrons. The molecule has 0 spiro atoms. The first-order valence-electron chi connectivity index (χ1n) is 6.01. The highest BCUT2D eigenvalue weighted by Gasteiger charge is 2.26. The average molecular weight is 270 g/mol. The van der Waals surface area contributed by atoms with Crippen molar-refractivity contribution in [3.05, 3.63) is 0 Å². The van der Waals surface area contributed by atoms with Gasteiger partial charge in [0.05, 0.1) is 0 Å². The number of primary amides is 1. The summed E-state index contributed by atoms with van der Waals surface area (Å²) >= 11 is 0. The predicted octanol–water partition coefficient (Wildman–Crippen LogP) is -0.246. The number of carbonyl (C=O) groups excluding carboxylic acids is 3. The summed E-state index contributed by atoms with van der Waals surface area (Å²) in [6, 6.07) is 0. The predicted molar refractivity (Wildman–Crippen MR) is 71.3 cm³/mol. The second-order valence-electron chi connectivity index (χ2n) is 5.43. The van der Waals surface area contributed by atoms with E-state index in [2.05, 4.69) is 5.32 Å². The van der Waals surface area contributed by atoms with Crippen LogP contribution in [-0.2, 0) is 14.4 Å². The van der Waals surface area contributed by atoms with Crippen LogP contribution in [0.15, 0.2) is 0 Å². The van der Waals surface area contributed by atoms with Crippen LogP contribution in [0.2, 0.25) is 0 Å². The molecule has 0 aliphatic carbocycles. The van der Waals surface area contributed by atoms with E-state index in [1.807, 2.05) is 33.0 Å². The van der Waals surface area contributed by atoms with Crippen molar-refractivity contribution < 1.29 is 14.4 Å². The number of nitrogens with two attached hydrogens (primary N) is 1. The molecule has 19 heavy (non-hydrogen) atoms. The second kappa shape index (κ2) is 6.86. The lowest BCUT2D eigenvalue weighted by Crippen LogP contribution is -2.41. The zero-order valence-corrected chi connectivity index (χ0v) is 11.8. The molecule has 0 aromatic rings. The zero-order chi connectivity index (χ0) is 15.2. The Bertz CT molecular complexity index is 385. The van der Waals surface area contributed by atoms with E-state index < -0.39 is 11.8 Å². The fraction of sp³-hybridized carbons (Fsp3) is 0.667. The lowest BCUT2D eigenvalue weighted by Gasteiger charge is -2.26. The highest BCUT2D eigenvalue weighted by molar-refractivity contribution is 6.37. The van der Waals surface area contributed by atoms with E-state index in [9.17, 15) is 14.4 Å². The van der Waals surface area contributed by atoms with Crippen molar-refractivity contribution in [3.8, 4) is 0 Å². The van der Waals surface area contributed by atoms with Crippen LogP contribution in [0.25, 0.3) is 0 Å². The number of hydrogen-bond donors (Lipinski definition) is 4. The Kier molecular flexibility index (Phi) is 6.17. The van der Waals surface area contributed by atoms with Crippen LogP contribution in [0.5, 0.6) is 0 Å². The number of amidine groups is 1. The van der Waals surface area contributed by atoms with Crippen molar-refractivity contribution in [2.75, 3.05) is 6.54 Å². The molecule has 0 saturated heterocycles. The van der Waals surface area contributed by atoms with Gasteiger partial charge in [0.1, 0.15) is 5.84 Å². The highest BCUT2D eigenvalue weighted by atomic mass is 16.2. The first-order chi connectivity index (χ1) is 8.55. The molecule has 0 rings (SSSR count). The van der Waals surface area contributed by atoms with Crippen LogP contribution < -0.4 is 16.4 Å². The molecular weight excluding hydrogens is 248 g/mol. The lowest BCUT2D eigenvalue weighted by atomic mass is 9.81. The summed E-state index contributed by atoms with van der Waals surface area (Å²) in [6.45, 7) is 7.94. The molecule has 1 atom stereocenters. The summed E-state index contributed by atoms with van der Waals surface area (Å²) in [5.74, 6) is -2.61. The van der Waals surface area contributed by atoms with E-state index in [4.69, 9.17) is 11.1 Å². The van der Waals surface area contributed by atoms with Crippen molar-refractivity contribution in [3.63, 3.8) is 0 Å². The normalized spacial score (nSPS) is 12.4. The van der Waals surface area contributed by atoms with Crippen LogP contribution in [-0.4, -0.2) is 30.1 Å². The van der Waals surface area contributed by atoms with Crippen molar-refractivity contribution in [1.29, 1.82) is 5.41 Å². The van der Waals surface area contributed by atoms with Gasteiger partial charge >= 0.3 is 11.8 Å². The van der Waals surface area contributed by atoms with Gasteiger partial charge in [-0.25, -0.2) is 0 Å². The van der Waals surface area contributed by atoms with Crippen LogP contribution in [0.1, 0.15) is 34.1 Å². The Labute approximate surface area is 112 Å². The molecule has 1 unspecified atom stereocenters. The Morgan fingerprint density at radius 2 is 1.79 bits per heavy atom. The molecule has 7 nitrogen and oxygen atoms in total. The van der Waals surface area contributed by atoms with Gasteiger partial charge in [0.15, 0.2) is 0 Å². The summed E-state index contributed by atoms with van der Waals surface area (Å²) in [5, 5.41) is 12.1. The molecule has 7 heteroatoms. The molecule has 0 aromatic heterocycles. The van der Waals surface area contributed by atoms with E-state index >= 15 is 0 Å². The fourth-order valence-corrected chi connectivity index (χ4v) is 1.12. The summed E-state index contributed by atoms with van der Waals surface area (Å²) in [6.07, 6.45) is 0.127. The van der Waals surface area contributed by atoms with Crippen molar-refractivity contribution >= 4 is 23.6 Å². The van der Waals surface area contributed by atoms with Gasteiger partial charge in [-0.05, 0) is 5.41 Å². The van der Waals surface area contributed by atoms with Crippen LogP contribution in [0.4, 0.5) is 0 Å². The first kappa shape index (κ1) is 17.1. The van der Waals surface area contributed by atoms with E-state index in [-0.39, 0.29) is 36.0 Å². The van der Waals surface area contributed by atoms with Gasteiger partial charge in [-0.3, -0.25) is 19.8 Å². The quantitative estimate of drug-likeness (QED) is 0.320. The highest BCUT2D eigenvalue weighted by Crippen LogP contribution is 2.25. The Hall–Kier alpha value is -1.92. The maximum Gasteiger partial charge on any atom is 0.314 e. The van der Waals surface area contributed by atoms with Gasteiger partial charge in [0, 0.05) is 18.9 Å². The molecule has 0 saturated carbocycles. The monoisotopic (exact) mass is 270 g/mol. The van der Waals surface area contributed by atoms with E-state index in [0.29, 0.717) is 0 Å². The molecule has 0 bridgehead atoms. The first-order valence-corrected chi connectivity index (χ1v) is 6.01. The summed E-state index contributed by atoms with van der Waals surface area (Å²) < 4.78 is 0. The van der Waals surface area contributed by atoms with Crippen LogP contribution in [0.3, 0.4) is 0 Å². The van der Waals surface area contributed by atoms with E-state index in [0.717, 1.165) is 0 Å². The van der Waals surface area contributed by atoms with Gasteiger partial charge in [0.25, 0.3) is 0 Å². The molecule has 108 valence electrons. The van der Waals surface area contributed by atoms with Gasteiger partial charge < -0.3 is 16.4 Å². The smallest absolute Gasteiger partial charge is 0.314 e. The average Bonchev–Trinajstić information content (AvgIpc) is 2.26. The molecule has 0 aliphatic heterocycles. The van der Waals surface area contributed by atoms with Gasteiger partial charge in [0.2, 0.25) is 5.91 Å². The SMILES string of the molecule is CC(C(=O)NCCC(=N)NC(=O)C(N)=O)C(C)(C)C. The van der Waals surface area contributed by atoms with Crippen molar-refractivity contribution in [2.24, 2.45) is 17.1 Å². The van der Waals surface area contributed by atoms with Crippen molar-refractivity contribution in [1.82, 2.24) is 10.6 Å². The Morgan fingerprint density at radius 1 is 1.26 bits per heavy atom. The summed E-state index contributed by atoms with van der Waals surface area (Å²) in [7, 11) is 0. The Balaban J connectivity index is 4.04. The lowest BCUT2D eigenvalue weighted by molar-refractivity contribution is -0.136. The zero-order valence-electron chi connectivity index (χ0n) is 11.8. The maximum atomic E-state index is 11.8. The minimum absolute atomic E-state index is 0.110. The molecule has 0 aliphatic rings. The second-order valence-corrected chi connectivity index (χ2v) is 5.43. The number of amides is 3. The third kappa shape index (κ3) is 6.54. The van der Waals surface area contributed by atoms with Crippen LogP contribution >= 0.6 is 0 Å². The maximum absolute atomic E-state index is 11.8. The van der Waals surface area contributed by atoms with Gasteiger partial charge in [-0.1, -0.05) is 27.7 Å². The third-order valence-electron chi connectivity index (χ3n) is 2.85. The van der Waals surface area contributed by atoms with E-state index in [1.165, 1.54) is 0 Å². The molecule has 0 aromatic carbocycles. The molecule has 0 heterocycles. The van der Waals surface area contributed by atoms with Crippen molar-refractivity contribution in [2.45, 2.75) is 34.1 Å². The minimum Gasteiger partial charge on any atom is -0.361 e. The largest absolute Gasteiger partial charge is 0.361 e. The fourth-order valence-electron chi connectivity index (χ4n) is 1.12. The van der Waals surface area contributed by atoms with Gasteiger partial charge in [-0.15, -0.1) is 0 Å². The summed E-state index contributed by atoms with van der Waals surface area (Å²) in [5.41, 5.74) is 4.59. The number of nitrogens with one attached hydrogen (secondary N) is 3. The van der Waals surface area contributed by atoms with Crippen LogP contribution in [0, 0.1) is 16.7 Å². The minimum atomic E-state index is -1.14. The molecule has 5 N–H and O–H groups in total. The molecular formula is C12H22N4O3. The standard InChI is InChI=1S/C12H22N4O3/c1-7(12(2,3)4)10(18)15-6-5-8(13)16-11(19)9(14)17/h7H,5-6H2,1-4H3,(H2,14,17)(H,15,18)(H2,13,16,19). The third-order valence-corrected chi connectivity index (χ3v) is 2.85. The van der Waals surface area contributed by atoms with Gasteiger partial charge in [-0.2, -0.15) is 0 Å². The Morgan fingerprint density at radius 3 is 2.21 bits per heavy atom. The topological polar surface area (TPSA) is 125 Å². The summed E-state index contributed by atoms with van der Waals surface area (Å²) in [4.78, 5) is 33.1. The molecule has 3 amide bonds. The number of hydrogen-bond acceptors (Lipinski definition) is 4.